The van der Waals surface area contributed by atoms with Gasteiger partial charge in [-0.2, -0.15) is 0 Å². The summed E-state index contributed by atoms with van der Waals surface area (Å²) in [4.78, 5) is 4.38. The van der Waals surface area contributed by atoms with E-state index in [4.69, 9.17) is 5.73 Å². The molecular weight excluding hydrogens is 258 g/mol. The quantitative estimate of drug-likeness (QED) is 0.910. The third-order valence-corrected chi connectivity index (χ3v) is 4.01. The lowest BCUT2D eigenvalue weighted by Gasteiger charge is -2.29. The molecule has 1 heterocycles. The van der Waals surface area contributed by atoms with Crippen molar-refractivity contribution in [2.45, 2.75) is 31.2 Å². The Kier molecular flexibility index (Phi) is 3.49. The Balaban J connectivity index is 2.02. The number of hydrogen-bond acceptors (Lipinski definition) is 2. The maximum absolute atomic E-state index is 13.9. The van der Waals surface area contributed by atoms with Crippen LogP contribution in [0, 0.1) is 11.6 Å². The van der Waals surface area contributed by atoms with Gasteiger partial charge in [-0.05, 0) is 43.0 Å². The van der Waals surface area contributed by atoms with Crippen molar-refractivity contribution in [1.82, 2.24) is 4.98 Å². The molecule has 104 valence electrons. The number of nitrogens with zero attached hydrogens (tertiary/aromatic N) is 1. The molecule has 4 heteroatoms. The van der Waals surface area contributed by atoms with Gasteiger partial charge < -0.3 is 5.73 Å². The highest BCUT2D eigenvalue weighted by Gasteiger charge is 2.30. The van der Waals surface area contributed by atoms with Gasteiger partial charge >= 0.3 is 0 Å². The van der Waals surface area contributed by atoms with E-state index in [1.807, 2.05) is 12.1 Å². The second kappa shape index (κ2) is 5.29. The maximum atomic E-state index is 13.9. The number of rotatable bonds is 2. The minimum atomic E-state index is -0.704. The predicted molar refractivity (Wildman–Crippen MR) is 73.2 cm³/mol. The van der Waals surface area contributed by atoms with E-state index < -0.39 is 17.7 Å². The maximum Gasteiger partial charge on any atom is 0.130 e. The van der Waals surface area contributed by atoms with Crippen LogP contribution in [0.25, 0.3) is 0 Å². The van der Waals surface area contributed by atoms with Crippen molar-refractivity contribution in [3.05, 3.63) is 65.0 Å². The first-order chi connectivity index (χ1) is 9.68. The van der Waals surface area contributed by atoms with Crippen molar-refractivity contribution in [2.24, 2.45) is 5.73 Å². The molecule has 2 nitrogen and oxygen atoms in total. The second-order valence-electron chi connectivity index (χ2n) is 5.21. The van der Waals surface area contributed by atoms with E-state index in [2.05, 4.69) is 4.98 Å². The van der Waals surface area contributed by atoms with Crippen LogP contribution in [-0.2, 0) is 6.42 Å². The van der Waals surface area contributed by atoms with Crippen LogP contribution in [-0.4, -0.2) is 4.98 Å². The van der Waals surface area contributed by atoms with Crippen LogP contribution in [0.5, 0.6) is 0 Å². The first kappa shape index (κ1) is 13.2. The van der Waals surface area contributed by atoms with E-state index in [1.54, 1.807) is 6.20 Å². The third-order valence-electron chi connectivity index (χ3n) is 4.01. The Labute approximate surface area is 116 Å². The lowest BCUT2D eigenvalue weighted by molar-refractivity contribution is 0.430. The van der Waals surface area contributed by atoms with Crippen molar-refractivity contribution >= 4 is 0 Å². The Morgan fingerprint density at radius 2 is 1.90 bits per heavy atom. The normalized spacial score (nSPS) is 19.4. The zero-order chi connectivity index (χ0) is 14.1. The summed E-state index contributed by atoms with van der Waals surface area (Å²) >= 11 is 0. The fourth-order valence-electron chi connectivity index (χ4n) is 3.03. The van der Waals surface area contributed by atoms with Crippen LogP contribution >= 0.6 is 0 Å². The number of aryl methyl sites for hydroxylation is 1. The molecule has 2 unspecified atom stereocenters. The molecular formula is C16H16F2N2. The minimum Gasteiger partial charge on any atom is -0.323 e. The topological polar surface area (TPSA) is 38.9 Å². The summed E-state index contributed by atoms with van der Waals surface area (Å²) in [5.41, 5.74) is 8.15. The van der Waals surface area contributed by atoms with Crippen molar-refractivity contribution in [1.29, 1.82) is 0 Å². The number of halogens is 2. The highest BCUT2D eigenvalue weighted by atomic mass is 19.1. The summed E-state index contributed by atoms with van der Waals surface area (Å²) in [6, 6.07) is 7.05. The molecule has 3 rings (SSSR count). The average Bonchev–Trinajstić information content (AvgIpc) is 2.46. The van der Waals surface area contributed by atoms with E-state index in [0.29, 0.717) is 0 Å². The average molecular weight is 274 g/mol. The summed E-state index contributed by atoms with van der Waals surface area (Å²) in [5, 5.41) is 0. The van der Waals surface area contributed by atoms with Crippen molar-refractivity contribution in [3.63, 3.8) is 0 Å². The highest BCUT2D eigenvalue weighted by molar-refractivity contribution is 5.32. The Morgan fingerprint density at radius 3 is 2.65 bits per heavy atom. The lowest BCUT2D eigenvalue weighted by Crippen LogP contribution is -2.26. The van der Waals surface area contributed by atoms with Crippen LogP contribution in [0.2, 0.25) is 0 Å². The van der Waals surface area contributed by atoms with Crippen LogP contribution < -0.4 is 5.73 Å². The van der Waals surface area contributed by atoms with Gasteiger partial charge in [0.25, 0.3) is 0 Å². The fraction of sp³-hybridized carbons (Fsp3) is 0.312. The molecule has 0 radical (unpaired) electrons. The summed E-state index contributed by atoms with van der Waals surface area (Å²) in [6.07, 6.45) is 4.43. The number of pyridine rings is 1. The van der Waals surface area contributed by atoms with Gasteiger partial charge in [0.1, 0.15) is 11.6 Å². The molecule has 1 aromatic carbocycles. The number of benzene rings is 1. The number of nitrogens with two attached hydrogens (primary N) is 1. The third kappa shape index (κ3) is 2.20. The molecule has 0 aliphatic heterocycles. The first-order valence-electron chi connectivity index (χ1n) is 6.81. The molecule has 20 heavy (non-hydrogen) atoms. The Hall–Kier alpha value is -1.81. The molecule has 1 aliphatic rings. The van der Waals surface area contributed by atoms with Crippen molar-refractivity contribution in [2.75, 3.05) is 0 Å². The second-order valence-corrected chi connectivity index (χ2v) is 5.21. The monoisotopic (exact) mass is 274 g/mol. The van der Waals surface area contributed by atoms with E-state index in [9.17, 15) is 8.78 Å². The molecule has 0 fully saturated rings. The summed E-state index contributed by atoms with van der Waals surface area (Å²) in [7, 11) is 0. The fourth-order valence-corrected chi connectivity index (χ4v) is 3.03. The van der Waals surface area contributed by atoms with E-state index >= 15 is 0 Å². The SMILES string of the molecule is NC(c1c(F)cccc1F)C1CCCc2cccnc21. The largest absolute Gasteiger partial charge is 0.323 e. The minimum absolute atomic E-state index is 0.0315. The van der Waals surface area contributed by atoms with Gasteiger partial charge in [0.05, 0.1) is 0 Å². The molecule has 2 N–H and O–H groups in total. The lowest BCUT2D eigenvalue weighted by atomic mass is 9.80. The molecule has 0 bridgehead atoms. The summed E-state index contributed by atoms with van der Waals surface area (Å²) < 4.78 is 27.8. The van der Waals surface area contributed by atoms with Crippen molar-refractivity contribution < 1.29 is 8.78 Å². The van der Waals surface area contributed by atoms with Gasteiger partial charge in [-0.15, -0.1) is 0 Å². The van der Waals surface area contributed by atoms with E-state index in [1.165, 1.54) is 18.2 Å². The number of hydrogen-bond donors (Lipinski definition) is 1. The molecule has 1 aliphatic carbocycles. The van der Waals surface area contributed by atoms with Crippen LogP contribution in [0.3, 0.4) is 0 Å². The molecule has 0 spiro atoms. The van der Waals surface area contributed by atoms with Crippen molar-refractivity contribution in [3.8, 4) is 0 Å². The Morgan fingerprint density at radius 1 is 1.15 bits per heavy atom. The van der Waals surface area contributed by atoms with Gasteiger partial charge in [-0.3, -0.25) is 4.98 Å². The molecule has 2 aromatic rings. The molecule has 2 atom stereocenters. The zero-order valence-electron chi connectivity index (χ0n) is 11.0. The number of aromatic nitrogens is 1. The summed E-state index contributed by atoms with van der Waals surface area (Å²) in [6.45, 7) is 0. The smallest absolute Gasteiger partial charge is 0.130 e. The van der Waals surface area contributed by atoms with Gasteiger partial charge in [0, 0.05) is 29.4 Å². The molecule has 1 aromatic heterocycles. The van der Waals surface area contributed by atoms with Gasteiger partial charge in [-0.25, -0.2) is 8.78 Å². The van der Waals surface area contributed by atoms with Crippen LogP contribution in [0.1, 0.15) is 41.6 Å². The first-order valence-corrected chi connectivity index (χ1v) is 6.81. The van der Waals surface area contributed by atoms with E-state index in [-0.39, 0.29) is 11.5 Å². The van der Waals surface area contributed by atoms with Gasteiger partial charge in [0.2, 0.25) is 0 Å². The van der Waals surface area contributed by atoms with Gasteiger partial charge in [-0.1, -0.05) is 12.1 Å². The van der Waals surface area contributed by atoms with E-state index in [0.717, 1.165) is 30.5 Å². The molecule has 0 amide bonds. The standard InChI is InChI=1S/C16H16F2N2/c17-12-7-2-8-13(18)14(12)15(19)11-6-1-4-10-5-3-9-20-16(10)11/h2-3,5,7-9,11,15H,1,4,6,19H2. The molecule has 0 saturated carbocycles. The van der Waals surface area contributed by atoms with Crippen LogP contribution in [0.4, 0.5) is 8.78 Å². The summed E-state index contributed by atoms with van der Waals surface area (Å²) in [5.74, 6) is -1.30. The molecule has 0 saturated heterocycles. The number of fused-ring (bicyclic) bond motifs is 1. The highest BCUT2D eigenvalue weighted by Crippen LogP contribution is 2.39. The van der Waals surface area contributed by atoms with Crippen LogP contribution in [0.15, 0.2) is 36.5 Å². The Bertz CT molecular complexity index is 607. The zero-order valence-corrected chi connectivity index (χ0v) is 11.0. The van der Waals surface area contributed by atoms with Gasteiger partial charge in [0.15, 0.2) is 0 Å². The predicted octanol–water partition coefficient (Wildman–Crippen LogP) is 3.48.